The van der Waals surface area contributed by atoms with Crippen LogP contribution in [-0.2, 0) is 10.1 Å². The molecule has 0 atom stereocenters. The normalized spacial score (nSPS) is 11.4. The van der Waals surface area contributed by atoms with Gasteiger partial charge in [-0.15, -0.1) is 0 Å². The minimum Gasteiger partial charge on any atom is -0.454 e. The second-order valence-corrected chi connectivity index (χ2v) is 6.55. The van der Waals surface area contributed by atoms with Gasteiger partial charge in [0, 0.05) is 5.02 Å². The van der Waals surface area contributed by atoms with Gasteiger partial charge in [-0.1, -0.05) is 34.8 Å². The summed E-state index contributed by atoms with van der Waals surface area (Å²) < 4.78 is 37.1. The van der Waals surface area contributed by atoms with E-state index in [9.17, 15) is 8.42 Å². The molecular weight excluding hydrogens is 361 g/mol. The Hall–Kier alpha value is -1.18. The van der Waals surface area contributed by atoms with Gasteiger partial charge in [0.15, 0.2) is 5.75 Å². The molecule has 0 aliphatic rings. The maximum atomic E-state index is 11.3. The van der Waals surface area contributed by atoms with Crippen molar-refractivity contribution in [2.45, 2.75) is 4.90 Å². The first-order valence-electron chi connectivity index (χ1n) is 5.38. The molecular formula is C12H8Cl3NO4S. The molecule has 0 aromatic heterocycles. The highest BCUT2D eigenvalue weighted by molar-refractivity contribution is 7.86. The van der Waals surface area contributed by atoms with E-state index in [0.29, 0.717) is 5.02 Å². The molecule has 0 radical (unpaired) electrons. The van der Waals surface area contributed by atoms with Crippen LogP contribution in [-0.4, -0.2) is 13.0 Å². The molecule has 0 bridgehead atoms. The van der Waals surface area contributed by atoms with Crippen LogP contribution in [0, 0.1) is 0 Å². The first-order chi connectivity index (χ1) is 9.70. The van der Waals surface area contributed by atoms with Gasteiger partial charge in [0.2, 0.25) is 0 Å². The molecule has 9 heteroatoms. The summed E-state index contributed by atoms with van der Waals surface area (Å²) in [6, 6.07) is 7.08. The molecule has 0 saturated carbocycles. The molecule has 0 fully saturated rings. The number of nitrogen functional groups attached to an aromatic ring is 1. The molecule has 0 unspecified atom stereocenters. The Kier molecular flexibility index (Phi) is 4.55. The van der Waals surface area contributed by atoms with Crippen molar-refractivity contribution in [3.05, 3.63) is 45.4 Å². The Bertz CT molecular complexity index is 808. The number of ether oxygens (including phenoxy) is 1. The summed E-state index contributed by atoms with van der Waals surface area (Å²) in [4.78, 5) is -0.619. The quantitative estimate of drug-likeness (QED) is 0.624. The maximum Gasteiger partial charge on any atom is 0.298 e. The predicted molar refractivity (Wildman–Crippen MR) is 82.2 cm³/mol. The average molecular weight is 369 g/mol. The molecule has 2 rings (SSSR count). The first-order valence-corrected chi connectivity index (χ1v) is 7.96. The molecule has 0 aliphatic heterocycles. The van der Waals surface area contributed by atoms with Crippen LogP contribution in [0.1, 0.15) is 0 Å². The number of nitrogens with two attached hydrogens (primary N) is 1. The molecule has 3 N–H and O–H groups in total. The molecule has 5 nitrogen and oxygen atoms in total. The minimum atomic E-state index is -4.59. The average Bonchev–Trinajstić information content (AvgIpc) is 2.34. The van der Waals surface area contributed by atoms with Crippen LogP contribution >= 0.6 is 34.8 Å². The van der Waals surface area contributed by atoms with Crippen molar-refractivity contribution in [2.24, 2.45) is 0 Å². The molecule has 2 aromatic carbocycles. The van der Waals surface area contributed by atoms with E-state index in [1.165, 1.54) is 24.3 Å². The zero-order chi connectivity index (χ0) is 15.8. The Morgan fingerprint density at radius 2 is 1.62 bits per heavy atom. The lowest BCUT2D eigenvalue weighted by Gasteiger charge is -2.13. The Morgan fingerprint density at radius 1 is 1.00 bits per heavy atom. The van der Waals surface area contributed by atoms with Gasteiger partial charge in [-0.05, 0) is 30.3 Å². The summed E-state index contributed by atoms with van der Waals surface area (Å²) in [6.07, 6.45) is 0. The van der Waals surface area contributed by atoms with Gasteiger partial charge in [0.25, 0.3) is 10.1 Å². The molecule has 0 spiro atoms. The van der Waals surface area contributed by atoms with Crippen LogP contribution in [0.25, 0.3) is 0 Å². The van der Waals surface area contributed by atoms with Crippen molar-refractivity contribution in [3.8, 4) is 11.5 Å². The van der Waals surface area contributed by atoms with Crippen LogP contribution in [0.5, 0.6) is 11.5 Å². The Labute approximate surface area is 135 Å². The van der Waals surface area contributed by atoms with Gasteiger partial charge in [-0.3, -0.25) is 4.55 Å². The summed E-state index contributed by atoms with van der Waals surface area (Å²) in [6.45, 7) is 0. The van der Waals surface area contributed by atoms with E-state index in [-0.39, 0.29) is 27.2 Å². The van der Waals surface area contributed by atoms with Crippen molar-refractivity contribution in [1.29, 1.82) is 0 Å². The largest absolute Gasteiger partial charge is 0.454 e. The smallest absolute Gasteiger partial charge is 0.298 e. The highest BCUT2D eigenvalue weighted by Crippen LogP contribution is 2.39. The lowest BCUT2D eigenvalue weighted by Crippen LogP contribution is -2.05. The van der Waals surface area contributed by atoms with E-state index in [0.717, 1.165) is 0 Å². The maximum absolute atomic E-state index is 11.3. The van der Waals surface area contributed by atoms with Crippen molar-refractivity contribution >= 4 is 50.6 Å². The first kappa shape index (κ1) is 16.2. The van der Waals surface area contributed by atoms with E-state index in [4.69, 9.17) is 49.8 Å². The van der Waals surface area contributed by atoms with Gasteiger partial charge < -0.3 is 10.5 Å². The van der Waals surface area contributed by atoms with Crippen molar-refractivity contribution in [1.82, 2.24) is 0 Å². The van der Waals surface area contributed by atoms with Gasteiger partial charge in [-0.2, -0.15) is 8.42 Å². The monoisotopic (exact) mass is 367 g/mol. The SMILES string of the molecule is Nc1c(Oc2ccc(Cl)cc2Cl)ccc(Cl)c1S(=O)(=O)O. The third kappa shape index (κ3) is 3.53. The summed E-state index contributed by atoms with van der Waals surface area (Å²) in [5.41, 5.74) is 5.36. The van der Waals surface area contributed by atoms with E-state index in [1.54, 1.807) is 6.07 Å². The van der Waals surface area contributed by atoms with Crippen LogP contribution in [0.15, 0.2) is 35.2 Å². The molecule has 0 heterocycles. The van der Waals surface area contributed by atoms with Crippen LogP contribution in [0.4, 0.5) is 5.69 Å². The Morgan fingerprint density at radius 3 is 2.19 bits per heavy atom. The molecule has 0 aliphatic carbocycles. The zero-order valence-corrected chi connectivity index (χ0v) is 13.3. The van der Waals surface area contributed by atoms with Crippen LogP contribution in [0.2, 0.25) is 15.1 Å². The predicted octanol–water partition coefficient (Wildman–Crippen LogP) is 4.27. The summed E-state index contributed by atoms with van der Waals surface area (Å²) in [7, 11) is -4.59. The molecule has 2 aromatic rings. The van der Waals surface area contributed by atoms with Crippen molar-refractivity contribution < 1.29 is 17.7 Å². The summed E-state index contributed by atoms with van der Waals surface area (Å²) >= 11 is 17.4. The third-order valence-electron chi connectivity index (χ3n) is 2.48. The number of hydrogen-bond donors (Lipinski definition) is 2. The topological polar surface area (TPSA) is 89.6 Å². The summed E-state index contributed by atoms with van der Waals surface area (Å²) in [5, 5.41) is 0.407. The summed E-state index contributed by atoms with van der Waals surface area (Å²) in [5.74, 6) is 0.202. The molecule has 0 amide bonds. The standard InChI is InChI=1S/C12H8Cl3NO4S/c13-6-1-3-9(8(15)5-6)20-10-4-2-7(14)12(11(10)16)21(17,18)19/h1-5H,16H2,(H,17,18,19). The fourth-order valence-electron chi connectivity index (χ4n) is 1.58. The van der Waals surface area contributed by atoms with E-state index in [1.807, 2.05) is 0 Å². The second kappa shape index (κ2) is 5.90. The van der Waals surface area contributed by atoms with Gasteiger partial charge >= 0.3 is 0 Å². The van der Waals surface area contributed by atoms with Crippen molar-refractivity contribution in [3.63, 3.8) is 0 Å². The fourth-order valence-corrected chi connectivity index (χ4v) is 3.18. The van der Waals surface area contributed by atoms with Gasteiger partial charge in [-0.25, -0.2) is 0 Å². The molecule has 112 valence electrons. The highest BCUT2D eigenvalue weighted by atomic mass is 35.5. The lowest BCUT2D eigenvalue weighted by atomic mass is 10.3. The lowest BCUT2D eigenvalue weighted by molar-refractivity contribution is 0.474. The molecule has 21 heavy (non-hydrogen) atoms. The zero-order valence-electron chi connectivity index (χ0n) is 10.2. The highest BCUT2D eigenvalue weighted by Gasteiger charge is 2.22. The fraction of sp³-hybridized carbons (Fsp3) is 0. The number of hydrogen-bond acceptors (Lipinski definition) is 4. The van der Waals surface area contributed by atoms with Gasteiger partial charge in [0.1, 0.15) is 10.6 Å². The number of halogens is 3. The van der Waals surface area contributed by atoms with Gasteiger partial charge in [0.05, 0.1) is 15.7 Å². The van der Waals surface area contributed by atoms with Crippen LogP contribution in [0.3, 0.4) is 0 Å². The molecule has 0 saturated heterocycles. The second-order valence-electron chi connectivity index (χ2n) is 3.94. The minimum absolute atomic E-state index is 0.0174. The van der Waals surface area contributed by atoms with Crippen LogP contribution < -0.4 is 10.5 Å². The van der Waals surface area contributed by atoms with E-state index < -0.39 is 15.0 Å². The Balaban J connectivity index is 2.51. The third-order valence-corrected chi connectivity index (χ3v) is 4.39. The van der Waals surface area contributed by atoms with Crippen molar-refractivity contribution in [2.75, 3.05) is 5.73 Å². The van der Waals surface area contributed by atoms with E-state index >= 15 is 0 Å². The number of benzene rings is 2. The number of rotatable bonds is 3. The van der Waals surface area contributed by atoms with E-state index in [2.05, 4.69) is 0 Å². The number of anilines is 1.